The lowest BCUT2D eigenvalue weighted by molar-refractivity contribution is -0.174. The number of nitrogens with one attached hydrogen (secondary N) is 1. The summed E-state index contributed by atoms with van der Waals surface area (Å²) in [4.78, 5) is 21.0. The van der Waals surface area contributed by atoms with Gasteiger partial charge < -0.3 is 10.1 Å². The molecule has 3 nitrogen and oxygen atoms in total. The maximum absolute atomic E-state index is 11.8. The summed E-state index contributed by atoms with van der Waals surface area (Å²) in [6.07, 6.45) is -3.24. The number of rotatable bonds is 3. The van der Waals surface area contributed by atoms with E-state index >= 15 is 0 Å². The molecule has 0 aromatic rings. The molecule has 1 aliphatic carbocycles. The van der Waals surface area contributed by atoms with E-state index in [1.165, 1.54) is 0 Å². The van der Waals surface area contributed by atoms with Gasteiger partial charge in [0.25, 0.3) is 0 Å². The Labute approximate surface area is 78.7 Å². The fraction of sp³-hybridized carbons (Fsp3) is 0.750. The van der Waals surface area contributed by atoms with Gasteiger partial charge in [0.05, 0.1) is 6.04 Å². The molecule has 0 aromatic heterocycles. The van der Waals surface area contributed by atoms with Crippen molar-refractivity contribution < 1.29 is 22.8 Å². The van der Waals surface area contributed by atoms with E-state index in [4.69, 9.17) is 0 Å². The predicted octanol–water partition coefficient (Wildman–Crippen LogP) is 1.03. The Kier molecular flexibility index (Phi) is 2.56. The van der Waals surface area contributed by atoms with Gasteiger partial charge in [0.1, 0.15) is 6.29 Å². The Balaban J connectivity index is 2.58. The van der Waals surface area contributed by atoms with Crippen LogP contribution in [0, 0.1) is 5.41 Å². The van der Waals surface area contributed by atoms with Gasteiger partial charge in [-0.2, -0.15) is 13.2 Å². The van der Waals surface area contributed by atoms with Crippen molar-refractivity contribution in [3.63, 3.8) is 0 Å². The smallest absolute Gasteiger partial charge is 0.338 e. The molecule has 0 heterocycles. The van der Waals surface area contributed by atoms with E-state index in [9.17, 15) is 22.8 Å². The molecule has 1 aliphatic rings. The van der Waals surface area contributed by atoms with Crippen LogP contribution in [0.2, 0.25) is 0 Å². The molecule has 0 aliphatic heterocycles. The molecule has 1 atom stereocenters. The number of halogens is 3. The predicted molar refractivity (Wildman–Crippen MR) is 41.4 cm³/mol. The van der Waals surface area contributed by atoms with Crippen LogP contribution >= 0.6 is 0 Å². The SMILES string of the molecule is CC1(C(C=O)NC(=O)C(F)(F)F)CC1. The highest BCUT2D eigenvalue weighted by Crippen LogP contribution is 2.47. The van der Waals surface area contributed by atoms with Gasteiger partial charge >= 0.3 is 12.1 Å². The number of hydrogen-bond acceptors (Lipinski definition) is 2. The number of amides is 1. The van der Waals surface area contributed by atoms with Gasteiger partial charge in [0.2, 0.25) is 0 Å². The van der Waals surface area contributed by atoms with Gasteiger partial charge in [0.15, 0.2) is 0 Å². The molecule has 1 amide bonds. The van der Waals surface area contributed by atoms with Crippen molar-refractivity contribution >= 4 is 12.2 Å². The topological polar surface area (TPSA) is 46.2 Å². The Morgan fingerprint density at radius 3 is 2.29 bits per heavy atom. The standard InChI is InChI=1S/C8H10F3NO2/c1-7(2-3-7)5(4-13)12-6(14)8(9,10)11/h4-5H,2-3H2,1H3,(H,12,14). The molecule has 80 valence electrons. The number of carbonyl (C=O) groups is 2. The zero-order valence-electron chi connectivity index (χ0n) is 7.52. The highest BCUT2D eigenvalue weighted by Gasteiger charge is 2.48. The van der Waals surface area contributed by atoms with Crippen molar-refractivity contribution in [1.82, 2.24) is 5.32 Å². The highest BCUT2D eigenvalue weighted by atomic mass is 19.4. The van der Waals surface area contributed by atoms with E-state index in [0.717, 1.165) is 0 Å². The molecule has 0 saturated heterocycles. The van der Waals surface area contributed by atoms with Crippen LogP contribution in [0.5, 0.6) is 0 Å². The van der Waals surface area contributed by atoms with Gasteiger partial charge in [-0.05, 0) is 18.3 Å². The first kappa shape index (κ1) is 11.0. The molecule has 0 spiro atoms. The monoisotopic (exact) mass is 209 g/mol. The molecule has 1 unspecified atom stereocenters. The Hall–Kier alpha value is -1.07. The van der Waals surface area contributed by atoms with Crippen LogP contribution in [0.25, 0.3) is 0 Å². The first-order chi connectivity index (χ1) is 6.29. The molecule has 1 saturated carbocycles. The summed E-state index contributed by atoms with van der Waals surface area (Å²) < 4.78 is 35.5. The van der Waals surface area contributed by atoms with E-state index in [1.807, 2.05) is 0 Å². The molecule has 1 rings (SSSR count). The van der Waals surface area contributed by atoms with Crippen molar-refractivity contribution in [2.45, 2.75) is 32.0 Å². The molecular formula is C8H10F3NO2. The average molecular weight is 209 g/mol. The maximum atomic E-state index is 11.8. The van der Waals surface area contributed by atoms with Gasteiger partial charge in [0, 0.05) is 0 Å². The van der Waals surface area contributed by atoms with Gasteiger partial charge in [-0.25, -0.2) is 0 Å². The lowest BCUT2D eigenvalue weighted by Crippen LogP contribution is -2.47. The molecule has 0 aromatic carbocycles. The summed E-state index contributed by atoms with van der Waals surface area (Å²) in [5.74, 6) is -2.05. The van der Waals surface area contributed by atoms with Crippen molar-refractivity contribution in [2.75, 3.05) is 0 Å². The molecule has 1 N–H and O–H groups in total. The van der Waals surface area contributed by atoms with Crippen molar-refractivity contribution in [2.24, 2.45) is 5.41 Å². The first-order valence-electron chi connectivity index (χ1n) is 4.12. The second-order valence-corrected chi connectivity index (χ2v) is 3.74. The fourth-order valence-corrected chi connectivity index (χ4v) is 1.10. The normalized spacial score (nSPS) is 21.1. The number of alkyl halides is 3. The molecule has 0 bridgehead atoms. The summed E-state index contributed by atoms with van der Waals surface area (Å²) in [5.41, 5.74) is -0.483. The third-order valence-corrected chi connectivity index (χ3v) is 2.47. The van der Waals surface area contributed by atoms with Crippen molar-refractivity contribution in [3.05, 3.63) is 0 Å². The second kappa shape index (κ2) is 3.25. The summed E-state index contributed by atoms with van der Waals surface area (Å²) in [6, 6.07) is -1.03. The molecular weight excluding hydrogens is 199 g/mol. The average Bonchev–Trinajstić information content (AvgIpc) is 2.78. The van der Waals surface area contributed by atoms with Crippen LogP contribution in [0.15, 0.2) is 0 Å². The lowest BCUT2D eigenvalue weighted by atomic mass is 10.0. The summed E-state index contributed by atoms with van der Waals surface area (Å²) in [6.45, 7) is 1.67. The number of hydrogen-bond donors (Lipinski definition) is 1. The molecule has 6 heteroatoms. The largest absolute Gasteiger partial charge is 0.471 e. The van der Waals surface area contributed by atoms with E-state index in [1.54, 1.807) is 12.2 Å². The van der Waals surface area contributed by atoms with E-state index in [2.05, 4.69) is 0 Å². The van der Waals surface area contributed by atoms with Crippen LogP contribution in [0.1, 0.15) is 19.8 Å². The van der Waals surface area contributed by atoms with Crippen LogP contribution in [0.3, 0.4) is 0 Å². The van der Waals surface area contributed by atoms with Crippen LogP contribution in [0.4, 0.5) is 13.2 Å². The lowest BCUT2D eigenvalue weighted by Gasteiger charge is -2.19. The van der Waals surface area contributed by atoms with E-state index in [0.29, 0.717) is 19.1 Å². The minimum absolute atomic E-state index is 0.358. The van der Waals surface area contributed by atoms with Gasteiger partial charge in [-0.15, -0.1) is 0 Å². The minimum Gasteiger partial charge on any atom is -0.338 e. The Bertz CT molecular complexity index is 258. The van der Waals surface area contributed by atoms with Crippen molar-refractivity contribution in [3.8, 4) is 0 Å². The zero-order chi connectivity index (χ0) is 11.0. The summed E-state index contributed by atoms with van der Waals surface area (Å²) in [5, 5.41) is 1.68. The molecule has 1 fully saturated rings. The Morgan fingerprint density at radius 1 is 1.50 bits per heavy atom. The number of aldehydes is 1. The van der Waals surface area contributed by atoms with Gasteiger partial charge in [-0.3, -0.25) is 4.79 Å². The minimum atomic E-state index is -4.92. The third kappa shape index (κ3) is 2.24. The van der Waals surface area contributed by atoms with E-state index in [-0.39, 0.29) is 0 Å². The van der Waals surface area contributed by atoms with Crippen LogP contribution in [-0.4, -0.2) is 24.4 Å². The van der Waals surface area contributed by atoms with Crippen LogP contribution in [-0.2, 0) is 9.59 Å². The quantitative estimate of drug-likeness (QED) is 0.705. The van der Waals surface area contributed by atoms with Crippen molar-refractivity contribution in [1.29, 1.82) is 0 Å². The van der Waals surface area contributed by atoms with Gasteiger partial charge in [-0.1, -0.05) is 6.92 Å². The number of carbonyl (C=O) groups excluding carboxylic acids is 2. The summed E-state index contributed by atoms with van der Waals surface area (Å²) >= 11 is 0. The highest BCUT2D eigenvalue weighted by molar-refractivity contribution is 5.84. The van der Waals surface area contributed by atoms with E-state index < -0.39 is 23.5 Å². The Morgan fingerprint density at radius 2 is 2.00 bits per heavy atom. The molecule has 0 radical (unpaired) electrons. The molecule has 14 heavy (non-hydrogen) atoms. The maximum Gasteiger partial charge on any atom is 0.471 e. The fourth-order valence-electron chi connectivity index (χ4n) is 1.10. The third-order valence-electron chi connectivity index (χ3n) is 2.47. The second-order valence-electron chi connectivity index (χ2n) is 3.74. The van der Waals surface area contributed by atoms with Crippen LogP contribution < -0.4 is 5.32 Å². The first-order valence-corrected chi connectivity index (χ1v) is 4.12. The zero-order valence-corrected chi connectivity index (χ0v) is 7.52. The summed E-state index contributed by atoms with van der Waals surface area (Å²) in [7, 11) is 0.